The Bertz CT molecular complexity index is 377. The number of imidazole rings is 1. The minimum Gasteiger partial charge on any atom is -0.353 e. The van der Waals surface area contributed by atoms with E-state index < -0.39 is 0 Å². The normalized spacial score (nSPS) is 29.6. The van der Waals surface area contributed by atoms with E-state index in [1.54, 1.807) is 0 Å². The van der Waals surface area contributed by atoms with Gasteiger partial charge in [-0.15, -0.1) is 0 Å². The Balaban J connectivity index is 1.77. The predicted molar refractivity (Wildman–Crippen MR) is 65.7 cm³/mol. The van der Waals surface area contributed by atoms with Crippen LogP contribution in [0.3, 0.4) is 0 Å². The molecule has 0 aromatic carbocycles. The van der Waals surface area contributed by atoms with E-state index in [-0.39, 0.29) is 0 Å². The van der Waals surface area contributed by atoms with Gasteiger partial charge in [0.1, 0.15) is 0 Å². The second-order valence-corrected chi connectivity index (χ2v) is 5.52. The van der Waals surface area contributed by atoms with Gasteiger partial charge in [-0.1, -0.05) is 19.8 Å². The molecule has 2 aliphatic rings. The van der Waals surface area contributed by atoms with Crippen LogP contribution in [0.4, 0.5) is 5.95 Å². The molecule has 2 unspecified atom stereocenters. The highest BCUT2D eigenvalue weighted by Gasteiger charge is 2.36. The maximum Gasteiger partial charge on any atom is 0.203 e. The lowest BCUT2D eigenvalue weighted by atomic mass is 10.2. The van der Waals surface area contributed by atoms with Crippen LogP contribution in [0.5, 0.6) is 0 Å². The summed E-state index contributed by atoms with van der Waals surface area (Å²) in [5.74, 6) is 1.94. The van der Waals surface area contributed by atoms with Gasteiger partial charge in [-0.2, -0.15) is 0 Å². The average Bonchev–Trinajstić information content (AvgIpc) is 2.68. The molecule has 3 rings (SSSR count). The molecule has 3 heteroatoms. The fourth-order valence-electron chi connectivity index (χ4n) is 2.82. The lowest BCUT2D eigenvalue weighted by Gasteiger charge is -2.14. The van der Waals surface area contributed by atoms with E-state index in [1.807, 2.05) is 0 Å². The first-order chi connectivity index (χ1) is 7.74. The lowest BCUT2D eigenvalue weighted by Crippen LogP contribution is -2.18. The van der Waals surface area contributed by atoms with Crippen molar-refractivity contribution < 1.29 is 0 Å². The minimum atomic E-state index is 0.662. The van der Waals surface area contributed by atoms with Crippen LogP contribution < -0.4 is 5.32 Å². The van der Waals surface area contributed by atoms with E-state index in [1.165, 1.54) is 32.1 Å². The first-order valence-corrected chi connectivity index (χ1v) is 6.56. The number of aromatic nitrogens is 2. The van der Waals surface area contributed by atoms with Gasteiger partial charge in [-0.3, -0.25) is 0 Å². The first kappa shape index (κ1) is 10.2. The molecule has 0 bridgehead atoms. The first-order valence-electron chi connectivity index (χ1n) is 6.56. The van der Waals surface area contributed by atoms with Gasteiger partial charge in [0.15, 0.2) is 0 Å². The quantitative estimate of drug-likeness (QED) is 0.846. The molecule has 1 N–H and O–H groups in total. The van der Waals surface area contributed by atoms with Crippen LogP contribution in [0, 0.1) is 12.8 Å². The third kappa shape index (κ3) is 1.83. The summed E-state index contributed by atoms with van der Waals surface area (Å²) in [6.07, 6.45) is 8.88. The molecule has 2 fully saturated rings. The van der Waals surface area contributed by atoms with Crippen LogP contribution in [0.15, 0.2) is 6.20 Å². The Morgan fingerprint density at radius 2 is 2.06 bits per heavy atom. The van der Waals surface area contributed by atoms with Gasteiger partial charge in [0, 0.05) is 18.3 Å². The summed E-state index contributed by atoms with van der Waals surface area (Å²) < 4.78 is 2.36. The van der Waals surface area contributed by atoms with Gasteiger partial charge >= 0.3 is 0 Å². The van der Waals surface area contributed by atoms with Crippen molar-refractivity contribution in [3.05, 3.63) is 11.9 Å². The van der Waals surface area contributed by atoms with E-state index >= 15 is 0 Å². The average molecular weight is 219 g/mol. The fraction of sp³-hybridized carbons (Fsp3) is 0.769. The number of nitrogens with one attached hydrogen (secondary N) is 1. The number of aryl methyl sites for hydroxylation is 1. The second-order valence-electron chi connectivity index (χ2n) is 5.52. The van der Waals surface area contributed by atoms with E-state index in [4.69, 9.17) is 0 Å². The van der Waals surface area contributed by atoms with E-state index in [0.717, 1.165) is 17.6 Å². The summed E-state index contributed by atoms with van der Waals surface area (Å²) >= 11 is 0. The number of hydrogen-bond donors (Lipinski definition) is 1. The molecular formula is C13H21N3. The van der Waals surface area contributed by atoms with Gasteiger partial charge in [-0.05, 0) is 32.1 Å². The Morgan fingerprint density at radius 1 is 1.38 bits per heavy atom. The van der Waals surface area contributed by atoms with Gasteiger partial charge < -0.3 is 9.88 Å². The van der Waals surface area contributed by atoms with Crippen molar-refractivity contribution in [3.8, 4) is 0 Å². The molecule has 0 amide bonds. The summed E-state index contributed by atoms with van der Waals surface area (Å²) in [5.41, 5.74) is 1.14. The highest BCUT2D eigenvalue weighted by Crippen LogP contribution is 2.44. The minimum absolute atomic E-state index is 0.662. The molecule has 3 nitrogen and oxygen atoms in total. The van der Waals surface area contributed by atoms with Crippen LogP contribution >= 0.6 is 0 Å². The molecule has 1 heterocycles. The Labute approximate surface area is 97.3 Å². The second kappa shape index (κ2) is 3.79. The van der Waals surface area contributed by atoms with Crippen molar-refractivity contribution in [2.24, 2.45) is 5.92 Å². The molecule has 2 atom stereocenters. The fourth-order valence-corrected chi connectivity index (χ4v) is 2.82. The number of rotatable bonds is 3. The van der Waals surface area contributed by atoms with Gasteiger partial charge in [0.25, 0.3) is 0 Å². The predicted octanol–water partition coefficient (Wildman–Crippen LogP) is 3.13. The molecule has 1 aromatic heterocycles. The van der Waals surface area contributed by atoms with Crippen LogP contribution in [0.1, 0.15) is 50.8 Å². The third-order valence-corrected chi connectivity index (χ3v) is 3.97. The van der Waals surface area contributed by atoms with Crippen LogP contribution in [-0.4, -0.2) is 15.6 Å². The largest absolute Gasteiger partial charge is 0.353 e. The summed E-state index contributed by atoms with van der Waals surface area (Å²) in [5, 5.41) is 3.62. The van der Waals surface area contributed by atoms with E-state index in [2.05, 4.69) is 34.9 Å². The maximum absolute atomic E-state index is 4.62. The van der Waals surface area contributed by atoms with Crippen molar-refractivity contribution in [1.82, 2.24) is 9.55 Å². The molecule has 88 valence electrons. The van der Waals surface area contributed by atoms with Crippen molar-refractivity contribution in [2.75, 3.05) is 5.32 Å². The molecule has 1 aromatic rings. The van der Waals surface area contributed by atoms with Gasteiger partial charge in [0.2, 0.25) is 5.95 Å². The van der Waals surface area contributed by atoms with E-state index in [9.17, 15) is 0 Å². The number of nitrogens with zero attached hydrogens (tertiary/aromatic N) is 2. The van der Waals surface area contributed by atoms with Gasteiger partial charge in [-0.25, -0.2) is 4.98 Å². The topological polar surface area (TPSA) is 29.9 Å². The van der Waals surface area contributed by atoms with Crippen LogP contribution in [-0.2, 0) is 0 Å². The zero-order valence-corrected chi connectivity index (χ0v) is 10.2. The monoisotopic (exact) mass is 219 g/mol. The Hall–Kier alpha value is -0.990. The van der Waals surface area contributed by atoms with Crippen molar-refractivity contribution in [2.45, 2.75) is 58.0 Å². The standard InChI is InChI=1S/C13H21N3/c1-9-7-12(9)16-8-10(2)14-13(16)15-11-5-3-4-6-11/h8-9,11-12H,3-7H2,1-2H3,(H,14,15). The molecule has 16 heavy (non-hydrogen) atoms. The highest BCUT2D eigenvalue weighted by atomic mass is 15.2. The summed E-state index contributed by atoms with van der Waals surface area (Å²) in [6, 6.07) is 1.36. The maximum atomic E-state index is 4.62. The van der Waals surface area contributed by atoms with Crippen molar-refractivity contribution >= 4 is 5.95 Å². The van der Waals surface area contributed by atoms with Crippen LogP contribution in [0.2, 0.25) is 0 Å². The van der Waals surface area contributed by atoms with Crippen molar-refractivity contribution in [1.29, 1.82) is 0 Å². The molecule has 0 spiro atoms. The zero-order valence-electron chi connectivity index (χ0n) is 10.2. The zero-order chi connectivity index (χ0) is 11.1. The molecule has 0 saturated heterocycles. The highest BCUT2D eigenvalue weighted by molar-refractivity contribution is 5.32. The number of anilines is 1. The smallest absolute Gasteiger partial charge is 0.203 e. The Kier molecular flexibility index (Phi) is 2.41. The SMILES string of the molecule is Cc1cn(C2CC2C)c(NC2CCCC2)n1. The molecular weight excluding hydrogens is 198 g/mol. The summed E-state index contributed by atoms with van der Waals surface area (Å²) in [7, 11) is 0. The third-order valence-electron chi connectivity index (χ3n) is 3.97. The number of hydrogen-bond acceptors (Lipinski definition) is 2. The van der Waals surface area contributed by atoms with Gasteiger partial charge in [0.05, 0.1) is 5.69 Å². The molecule has 0 aliphatic heterocycles. The Morgan fingerprint density at radius 3 is 2.69 bits per heavy atom. The summed E-state index contributed by atoms with van der Waals surface area (Å²) in [6.45, 7) is 4.41. The molecule has 0 radical (unpaired) electrons. The van der Waals surface area contributed by atoms with Crippen LogP contribution in [0.25, 0.3) is 0 Å². The van der Waals surface area contributed by atoms with E-state index in [0.29, 0.717) is 12.1 Å². The lowest BCUT2D eigenvalue weighted by molar-refractivity contribution is 0.666. The molecule has 2 aliphatic carbocycles. The molecule has 2 saturated carbocycles. The van der Waals surface area contributed by atoms with Crippen molar-refractivity contribution in [3.63, 3.8) is 0 Å². The summed E-state index contributed by atoms with van der Waals surface area (Å²) in [4.78, 5) is 4.62.